The molecule has 0 bridgehead atoms. The van der Waals surface area contributed by atoms with Crippen molar-refractivity contribution in [2.45, 2.75) is 38.4 Å². The number of hydrogen-bond acceptors (Lipinski definition) is 4. The van der Waals surface area contributed by atoms with Crippen LogP contribution in [0.15, 0.2) is 40.9 Å². The molecule has 0 saturated carbocycles. The van der Waals surface area contributed by atoms with Gasteiger partial charge in [0.1, 0.15) is 5.75 Å². The van der Waals surface area contributed by atoms with Gasteiger partial charge < -0.3 is 20.5 Å². The smallest absolute Gasteiger partial charge is 0.253 e. The lowest BCUT2D eigenvalue weighted by molar-refractivity contribution is -0.0632. The molecule has 1 amide bonds. The third kappa shape index (κ3) is 4.06. The van der Waals surface area contributed by atoms with Gasteiger partial charge in [-0.05, 0) is 61.1 Å². The van der Waals surface area contributed by atoms with E-state index in [4.69, 9.17) is 10.5 Å². The highest BCUT2D eigenvalue weighted by molar-refractivity contribution is 9.10. The zero-order chi connectivity index (χ0) is 20.5. The number of amides is 1. The maximum Gasteiger partial charge on any atom is 0.253 e. The zero-order valence-electron chi connectivity index (χ0n) is 16.6. The number of halogens is 1. The number of aryl methyl sites for hydroxylation is 1. The molecule has 0 aromatic heterocycles. The molecule has 29 heavy (non-hydrogen) atoms. The first-order chi connectivity index (χ1) is 14.0. The monoisotopic (exact) mass is 458 g/mol. The predicted octanol–water partition coefficient (Wildman–Crippen LogP) is 3.96. The number of benzene rings is 2. The Morgan fingerprint density at radius 2 is 1.90 bits per heavy atom. The number of likely N-dealkylation sites (tertiary alicyclic amines) is 1. The number of rotatable bonds is 3. The average Bonchev–Trinajstić information content (AvgIpc) is 2.76. The fourth-order valence-corrected chi connectivity index (χ4v) is 4.79. The third-order valence-corrected chi connectivity index (χ3v) is 6.80. The average molecular weight is 459 g/mol. The summed E-state index contributed by atoms with van der Waals surface area (Å²) in [6.07, 6.45) is 2.33. The van der Waals surface area contributed by atoms with E-state index in [-0.39, 0.29) is 18.1 Å². The molecule has 2 aromatic rings. The second kappa shape index (κ2) is 8.46. The Hall–Kier alpha value is -1.89. The molecule has 6 heteroatoms. The summed E-state index contributed by atoms with van der Waals surface area (Å²) < 4.78 is 7.31. The molecule has 1 fully saturated rings. The van der Waals surface area contributed by atoms with Crippen LogP contribution in [0.25, 0.3) is 0 Å². The van der Waals surface area contributed by atoms with E-state index < -0.39 is 0 Å². The van der Waals surface area contributed by atoms with Crippen molar-refractivity contribution in [2.75, 3.05) is 19.6 Å². The number of fused-ring (bicyclic) bond motifs is 1. The predicted molar refractivity (Wildman–Crippen MR) is 116 cm³/mol. The van der Waals surface area contributed by atoms with Crippen LogP contribution in [0.1, 0.15) is 46.0 Å². The number of piperidine rings is 1. The fourth-order valence-electron chi connectivity index (χ4n) is 4.53. The van der Waals surface area contributed by atoms with Gasteiger partial charge in [0.05, 0.1) is 12.2 Å². The Labute approximate surface area is 180 Å². The Bertz CT molecular complexity index is 892. The van der Waals surface area contributed by atoms with Gasteiger partial charge in [-0.3, -0.25) is 4.79 Å². The molecular weight excluding hydrogens is 432 g/mol. The lowest BCUT2D eigenvalue weighted by atomic mass is 9.83. The summed E-state index contributed by atoms with van der Waals surface area (Å²) in [5, 5.41) is 10.6. The van der Waals surface area contributed by atoms with Gasteiger partial charge in [0, 0.05) is 41.7 Å². The summed E-state index contributed by atoms with van der Waals surface area (Å²) in [5.74, 6) is 0.808. The van der Waals surface area contributed by atoms with E-state index in [1.54, 1.807) is 0 Å². The van der Waals surface area contributed by atoms with Crippen molar-refractivity contribution in [1.29, 1.82) is 0 Å². The minimum Gasteiger partial charge on any atom is -0.507 e. The normalized spacial score (nSPS) is 22.4. The van der Waals surface area contributed by atoms with Gasteiger partial charge in [0.25, 0.3) is 5.91 Å². The number of phenols is 1. The molecule has 0 radical (unpaired) electrons. The van der Waals surface area contributed by atoms with Crippen molar-refractivity contribution in [3.8, 4) is 5.75 Å². The standard InChI is InChI=1S/C23H27BrN2O3/c1-14-2-7-18-19(22(14)27)12-20(29-21(18)13-25)15-8-10-26(11-9-15)23(28)16-3-5-17(24)6-4-16/h2-7,15,20-21,27H,8-13,25H2,1H3/t20-,21-/m0/s1. The van der Waals surface area contributed by atoms with Crippen LogP contribution in [0, 0.1) is 12.8 Å². The number of ether oxygens (including phenoxy) is 1. The molecule has 2 heterocycles. The highest BCUT2D eigenvalue weighted by Gasteiger charge is 2.36. The van der Waals surface area contributed by atoms with Crippen LogP contribution in [-0.4, -0.2) is 41.7 Å². The van der Waals surface area contributed by atoms with E-state index in [2.05, 4.69) is 15.9 Å². The molecule has 0 aliphatic carbocycles. The van der Waals surface area contributed by atoms with Gasteiger partial charge in [0.2, 0.25) is 0 Å². The maximum absolute atomic E-state index is 12.8. The van der Waals surface area contributed by atoms with E-state index in [1.165, 1.54) is 0 Å². The van der Waals surface area contributed by atoms with Crippen molar-refractivity contribution in [2.24, 2.45) is 11.7 Å². The molecule has 2 aromatic carbocycles. The number of nitrogens with zero attached hydrogens (tertiary/aromatic N) is 1. The van der Waals surface area contributed by atoms with Crippen LogP contribution in [0.5, 0.6) is 5.75 Å². The fraction of sp³-hybridized carbons (Fsp3) is 0.435. The number of carbonyl (C=O) groups is 1. The highest BCUT2D eigenvalue weighted by atomic mass is 79.9. The molecule has 0 unspecified atom stereocenters. The maximum atomic E-state index is 12.8. The number of carbonyl (C=O) groups excluding carboxylic acids is 1. The van der Waals surface area contributed by atoms with Crippen molar-refractivity contribution in [3.63, 3.8) is 0 Å². The number of aromatic hydroxyl groups is 1. The molecule has 2 aliphatic rings. The van der Waals surface area contributed by atoms with Crippen LogP contribution >= 0.6 is 15.9 Å². The van der Waals surface area contributed by atoms with Crippen molar-refractivity contribution in [1.82, 2.24) is 4.90 Å². The molecule has 3 N–H and O–H groups in total. The Morgan fingerprint density at radius 1 is 1.21 bits per heavy atom. The summed E-state index contributed by atoms with van der Waals surface area (Å²) in [5.41, 5.74) is 9.56. The van der Waals surface area contributed by atoms with E-state index in [0.717, 1.165) is 52.7 Å². The number of nitrogens with two attached hydrogens (primary N) is 1. The minimum atomic E-state index is -0.183. The van der Waals surface area contributed by atoms with Gasteiger partial charge in [-0.1, -0.05) is 28.1 Å². The second-order valence-corrected chi connectivity index (χ2v) is 8.95. The van der Waals surface area contributed by atoms with Crippen LogP contribution in [0.3, 0.4) is 0 Å². The van der Waals surface area contributed by atoms with Gasteiger partial charge >= 0.3 is 0 Å². The molecule has 5 nitrogen and oxygen atoms in total. The van der Waals surface area contributed by atoms with Gasteiger partial charge in [0.15, 0.2) is 0 Å². The highest BCUT2D eigenvalue weighted by Crippen LogP contribution is 2.40. The first-order valence-corrected chi connectivity index (χ1v) is 11.0. The van der Waals surface area contributed by atoms with E-state index in [0.29, 0.717) is 24.6 Å². The Balaban J connectivity index is 1.44. The van der Waals surface area contributed by atoms with Crippen LogP contribution in [0.2, 0.25) is 0 Å². The minimum absolute atomic E-state index is 0.0219. The van der Waals surface area contributed by atoms with Crippen molar-refractivity contribution in [3.05, 3.63) is 63.1 Å². The van der Waals surface area contributed by atoms with Crippen molar-refractivity contribution < 1.29 is 14.6 Å². The van der Waals surface area contributed by atoms with E-state index >= 15 is 0 Å². The van der Waals surface area contributed by atoms with Gasteiger partial charge in [-0.2, -0.15) is 0 Å². The Morgan fingerprint density at radius 3 is 2.55 bits per heavy atom. The third-order valence-electron chi connectivity index (χ3n) is 6.27. The largest absolute Gasteiger partial charge is 0.507 e. The van der Waals surface area contributed by atoms with Crippen LogP contribution in [-0.2, 0) is 11.2 Å². The van der Waals surface area contributed by atoms with Crippen LogP contribution < -0.4 is 5.73 Å². The van der Waals surface area contributed by atoms with Crippen molar-refractivity contribution >= 4 is 21.8 Å². The topological polar surface area (TPSA) is 75.8 Å². The van der Waals surface area contributed by atoms with E-state index in [9.17, 15) is 9.90 Å². The number of hydrogen-bond donors (Lipinski definition) is 2. The quantitative estimate of drug-likeness (QED) is 0.729. The molecule has 4 rings (SSSR count). The lowest BCUT2D eigenvalue weighted by Crippen LogP contribution is -2.44. The van der Waals surface area contributed by atoms with Crippen LogP contribution in [0.4, 0.5) is 0 Å². The van der Waals surface area contributed by atoms with Gasteiger partial charge in [-0.15, -0.1) is 0 Å². The second-order valence-electron chi connectivity index (χ2n) is 8.04. The Kier molecular flexibility index (Phi) is 5.95. The molecule has 0 spiro atoms. The zero-order valence-corrected chi connectivity index (χ0v) is 18.2. The summed E-state index contributed by atoms with van der Waals surface area (Å²) in [4.78, 5) is 14.7. The summed E-state index contributed by atoms with van der Waals surface area (Å²) in [6.45, 7) is 3.76. The first-order valence-electron chi connectivity index (χ1n) is 10.2. The molecule has 1 saturated heterocycles. The van der Waals surface area contributed by atoms with E-state index in [1.807, 2.05) is 48.2 Å². The number of phenolic OH excluding ortho intramolecular Hbond substituents is 1. The molecule has 2 atom stereocenters. The molecule has 154 valence electrons. The summed E-state index contributed by atoms with van der Waals surface area (Å²) in [7, 11) is 0. The summed E-state index contributed by atoms with van der Waals surface area (Å²) >= 11 is 3.41. The summed E-state index contributed by atoms with van der Waals surface area (Å²) in [6, 6.07) is 11.5. The lowest BCUT2D eigenvalue weighted by Gasteiger charge is -2.40. The first kappa shape index (κ1) is 20.4. The SMILES string of the molecule is Cc1ccc2c(c1O)C[C@@H](C1CCN(C(=O)c3ccc(Br)cc3)CC1)O[C@H]2CN. The molecular formula is C23H27BrN2O3. The molecule has 2 aliphatic heterocycles. The van der Waals surface area contributed by atoms with Gasteiger partial charge in [-0.25, -0.2) is 0 Å².